The molecule has 4 rings (SSSR count). The van der Waals surface area contributed by atoms with Crippen molar-refractivity contribution in [3.05, 3.63) is 77.0 Å². The maximum absolute atomic E-state index is 12.9. The number of aryl methyl sites for hydroxylation is 2. The molecule has 1 aliphatic heterocycles. The van der Waals surface area contributed by atoms with Gasteiger partial charge in [-0.05, 0) is 37.6 Å². The van der Waals surface area contributed by atoms with E-state index in [-0.39, 0.29) is 12.0 Å². The van der Waals surface area contributed by atoms with Gasteiger partial charge in [-0.15, -0.1) is 0 Å². The lowest BCUT2D eigenvalue weighted by Crippen LogP contribution is -2.42. The second-order valence-corrected chi connectivity index (χ2v) is 7.95. The van der Waals surface area contributed by atoms with Crippen molar-refractivity contribution < 1.29 is 13.9 Å². The summed E-state index contributed by atoms with van der Waals surface area (Å²) in [6.07, 6.45) is -0.111. The van der Waals surface area contributed by atoms with Gasteiger partial charge in [0.25, 0.3) is 5.91 Å². The summed E-state index contributed by atoms with van der Waals surface area (Å²) in [6.45, 7) is 5.49. The number of rotatable bonds is 5. The Morgan fingerprint density at radius 2 is 1.90 bits per heavy atom. The SMILES string of the molecule is Cc1cc(C)nc(SCc2ccc(C(=O)N3CCO[C@@H](c4ccccc4)C3)o2)n1. The Hall–Kier alpha value is -2.64. The minimum Gasteiger partial charge on any atom is -0.455 e. The van der Waals surface area contributed by atoms with Crippen LogP contribution in [-0.4, -0.2) is 40.5 Å². The zero-order chi connectivity index (χ0) is 20.2. The van der Waals surface area contributed by atoms with Crippen LogP contribution in [0.15, 0.2) is 58.1 Å². The molecule has 2 aromatic heterocycles. The first-order chi connectivity index (χ1) is 14.1. The molecule has 3 heterocycles. The highest BCUT2D eigenvalue weighted by Crippen LogP contribution is 2.25. The molecule has 1 amide bonds. The van der Waals surface area contributed by atoms with Crippen LogP contribution in [0.3, 0.4) is 0 Å². The van der Waals surface area contributed by atoms with Crippen molar-refractivity contribution in [2.75, 3.05) is 19.7 Å². The van der Waals surface area contributed by atoms with E-state index in [2.05, 4.69) is 9.97 Å². The quantitative estimate of drug-likeness (QED) is 0.465. The average molecular weight is 410 g/mol. The number of morpholine rings is 1. The minimum absolute atomic E-state index is 0.104. The summed E-state index contributed by atoms with van der Waals surface area (Å²) in [5, 5.41) is 0.714. The molecule has 0 unspecified atom stereocenters. The first-order valence-electron chi connectivity index (χ1n) is 9.58. The fourth-order valence-electron chi connectivity index (χ4n) is 3.32. The van der Waals surface area contributed by atoms with Crippen LogP contribution < -0.4 is 0 Å². The van der Waals surface area contributed by atoms with Gasteiger partial charge >= 0.3 is 0 Å². The molecule has 1 aromatic carbocycles. The Balaban J connectivity index is 1.39. The van der Waals surface area contributed by atoms with E-state index in [1.54, 1.807) is 11.0 Å². The van der Waals surface area contributed by atoms with Crippen LogP contribution in [0.4, 0.5) is 0 Å². The van der Waals surface area contributed by atoms with E-state index < -0.39 is 0 Å². The van der Waals surface area contributed by atoms with Gasteiger partial charge in [-0.1, -0.05) is 42.1 Å². The number of aromatic nitrogens is 2. The summed E-state index contributed by atoms with van der Waals surface area (Å²) in [5.41, 5.74) is 2.96. The predicted octanol–water partition coefficient (Wildman–Crippen LogP) is 4.19. The van der Waals surface area contributed by atoms with Gasteiger partial charge in [0.1, 0.15) is 11.9 Å². The summed E-state index contributed by atoms with van der Waals surface area (Å²) < 4.78 is 11.7. The highest BCUT2D eigenvalue weighted by atomic mass is 32.2. The van der Waals surface area contributed by atoms with Crippen molar-refractivity contribution >= 4 is 17.7 Å². The van der Waals surface area contributed by atoms with E-state index in [4.69, 9.17) is 9.15 Å². The van der Waals surface area contributed by atoms with Gasteiger partial charge in [-0.2, -0.15) is 0 Å². The normalized spacial score (nSPS) is 16.8. The van der Waals surface area contributed by atoms with Crippen LogP contribution >= 0.6 is 11.8 Å². The Morgan fingerprint density at radius 1 is 1.14 bits per heavy atom. The number of nitrogens with zero attached hydrogens (tertiary/aromatic N) is 3. The molecule has 0 N–H and O–H groups in total. The molecule has 1 saturated heterocycles. The zero-order valence-electron chi connectivity index (χ0n) is 16.5. The van der Waals surface area contributed by atoms with Gasteiger partial charge in [0.15, 0.2) is 10.9 Å². The maximum Gasteiger partial charge on any atom is 0.289 e. The maximum atomic E-state index is 12.9. The molecule has 1 aliphatic rings. The fourth-order valence-corrected chi connectivity index (χ4v) is 4.17. The van der Waals surface area contributed by atoms with E-state index in [0.717, 1.165) is 22.7 Å². The summed E-state index contributed by atoms with van der Waals surface area (Å²) in [7, 11) is 0. The summed E-state index contributed by atoms with van der Waals surface area (Å²) in [5.74, 6) is 1.56. The molecule has 3 aromatic rings. The Morgan fingerprint density at radius 3 is 2.66 bits per heavy atom. The lowest BCUT2D eigenvalue weighted by atomic mass is 10.1. The van der Waals surface area contributed by atoms with E-state index in [1.165, 1.54) is 11.8 Å². The van der Waals surface area contributed by atoms with Gasteiger partial charge < -0.3 is 14.1 Å². The highest BCUT2D eigenvalue weighted by molar-refractivity contribution is 7.98. The number of carbonyl (C=O) groups excluding carboxylic acids is 1. The molecular formula is C22H23N3O3S. The lowest BCUT2D eigenvalue weighted by Gasteiger charge is -2.32. The average Bonchev–Trinajstić information content (AvgIpc) is 3.21. The fraction of sp³-hybridized carbons (Fsp3) is 0.318. The van der Waals surface area contributed by atoms with Gasteiger partial charge in [-0.25, -0.2) is 9.97 Å². The molecule has 6 nitrogen and oxygen atoms in total. The van der Waals surface area contributed by atoms with Crippen molar-refractivity contribution in [1.29, 1.82) is 0 Å². The molecule has 29 heavy (non-hydrogen) atoms. The van der Waals surface area contributed by atoms with E-state index in [9.17, 15) is 4.79 Å². The largest absolute Gasteiger partial charge is 0.455 e. The van der Waals surface area contributed by atoms with Gasteiger partial charge in [0.2, 0.25) is 0 Å². The van der Waals surface area contributed by atoms with Gasteiger partial charge in [0.05, 0.1) is 18.9 Å². The third-order valence-corrected chi connectivity index (χ3v) is 5.57. The summed E-state index contributed by atoms with van der Waals surface area (Å²) >= 11 is 1.50. The number of hydrogen-bond donors (Lipinski definition) is 0. The number of ether oxygens (including phenoxy) is 1. The molecule has 150 valence electrons. The number of hydrogen-bond acceptors (Lipinski definition) is 6. The molecule has 0 spiro atoms. The van der Waals surface area contributed by atoms with Gasteiger partial charge in [-0.3, -0.25) is 4.79 Å². The lowest BCUT2D eigenvalue weighted by molar-refractivity contribution is -0.0238. The number of amides is 1. The molecule has 0 radical (unpaired) electrons. The second-order valence-electron chi connectivity index (χ2n) is 7.01. The summed E-state index contributed by atoms with van der Waals surface area (Å²) in [6, 6.07) is 15.5. The zero-order valence-corrected chi connectivity index (χ0v) is 17.3. The van der Waals surface area contributed by atoms with E-state index >= 15 is 0 Å². The molecule has 0 bridgehead atoms. The number of carbonyl (C=O) groups is 1. The van der Waals surface area contributed by atoms with Crippen molar-refractivity contribution in [2.45, 2.75) is 30.9 Å². The molecule has 7 heteroatoms. The smallest absolute Gasteiger partial charge is 0.289 e. The van der Waals surface area contributed by atoms with Crippen LogP contribution in [0.5, 0.6) is 0 Å². The first kappa shape index (κ1) is 19.7. The number of furan rings is 1. The second kappa shape index (κ2) is 8.80. The Bertz CT molecular complexity index is 970. The van der Waals surface area contributed by atoms with Crippen molar-refractivity contribution in [3.63, 3.8) is 0 Å². The topological polar surface area (TPSA) is 68.5 Å². The number of benzene rings is 1. The standard InChI is InChI=1S/C22H23N3O3S/c1-15-12-16(2)24-22(23-15)29-14-18-8-9-19(28-18)21(26)25-10-11-27-20(13-25)17-6-4-3-5-7-17/h3-9,12,20H,10-11,13-14H2,1-2H3/t20-/m1/s1. The predicted molar refractivity (Wildman–Crippen MR) is 111 cm³/mol. The number of thioether (sulfide) groups is 1. The molecular weight excluding hydrogens is 386 g/mol. The monoisotopic (exact) mass is 409 g/mol. The third kappa shape index (κ3) is 4.86. The first-order valence-corrected chi connectivity index (χ1v) is 10.6. The van der Waals surface area contributed by atoms with E-state index in [1.807, 2.05) is 56.3 Å². The Labute approximate surface area is 174 Å². The van der Waals surface area contributed by atoms with E-state index in [0.29, 0.717) is 36.4 Å². The molecule has 0 aliphatic carbocycles. The minimum atomic E-state index is -0.111. The highest BCUT2D eigenvalue weighted by Gasteiger charge is 2.27. The third-order valence-electron chi connectivity index (χ3n) is 4.70. The van der Waals surface area contributed by atoms with Crippen LogP contribution in [-0.2, 0) is 10.5 Å². The van der Waals surface area contributed by atoms with Crippen LogP contribution in [0, 0.1) is 13.8 Å². The molecule has 0 saturated carbocycles. The summed E-state index contributed by atoms with van der Waals surface area (Å²) in [4.78, 5) is 23.5. The van der Waals surface area contributed by atoms with Crippen LogP contribution in [0.25, 0.3) is 0 Å². The molecule has 1 fully saturated rings. The van der Waals surface area contributed by atoms with Crippen molar-refractivity contribution in [2.24, 2.45) is 0 Å². The van der Waals surface area contributed by atoms with Crippen LogP contribution in [0.2, 0.25) is 0 Å². The molecule has 1 atom stereocenters. The van der Waals surface area contributed by atoms with Crippen molar-refractivity contribution in [3.8, 4) is 0 Å². The van der Waals surface area contributed by atoms with Gasteiger partial charge in [0, 0.05) is 17.9 Å². The van der Waals surface area contributed by atoms with Crippen LogP contribution in [0.1, 0.15) is 39.4 Å². The van der Waals surface area contributed by atoms with Crippen molar-refractivity contribution in [1.82, 2.24) is 14.9 Å². The Kier molecular flexibility index (Phi) is 5.97.